The Bertz CT molecular complexity index is 4730. The fourth-order valence-electron chi connectivity index (χ4n) is 11.1. The van der Waals surface area contributed by atoms with Crippen LogP contribution >= 0.6 is 34.8 Å². The molecule has 586 valence electrons. The number of carbonyl (C=O) groups excluding carboxylic acids is 5. The monoisotopic (exact) mass is 1580 g/mol. The molecule has 0 aromatic heterocycles. The van der Waals surface area contributed by atoms with E-state index in [4.69, 9.17) is 64.2 Å². The van der Waals surface area contributed by atoms with Crippen molar-refractivity contribution >= 4 is 81.8 Å². The highest BCUT2D eigenvalue weighted by molar-refractivity contribution is 6.31. The summed E-state index contributed by atoms with van der Waals surface area (Å²) in [5.74, 6) is -3.48. The van der Waals surface area contributed by atoms with Crippen LogP contribution in [0.2, 0.25) is 15.1 Å². The highest BCUT2D eigenvalue weighted by Gasteiger charge is 2.18. The fraction of sp³-hybridized carbons (Fsp3) is 0.244. The number of methoxy groups -OCH3 is 5. The predicted molar refractivity (Wildman–Crippen MR) is 436 cm³/mol. The maximum absolute atomic E-state index is 14.0. The van der Waals surface area contributed by atoms with E-state index in [0.717, 1.165) is 85.2 Å². The van der Waals surface area contributed by atoms with Gasteiger partial charge in [-0.05, 0) is 248 Å². The van der Waals surface area contributed by atoms with Crippen LogP contribution in [0.4, 0.5) is 49.0 Å². The van der Waals surface area contributed by atoms with Gasteiger partial charge < -0.3 is 66.6 Å². The van der Waals surface area contributed by atoms with E-state index in [1.807, 2.05) is 170 Å². The van der Waals surface area contributed by atoms with Crippen molar-refractivity contribution in [1.29, 1.82) is 0 Å². The van der Waals surface area contributed by atoms with E-state index in [0.29, 0.717) is 80.5 Å². The zero-order valence-corrected chi connectivity index (χ0v) is 66.1. The molecule has 0 heterocycles. The second-order valence-corrected chi connectivity index (χ2v) is 27.1. The summed E-state index contributed by atoms with van der Waals surface area (Å²) in [6.45, 7) is 15.6. The number of halogens is 7. The maximum Gasteiger partial charge on any atom is 0.319 e. The summed E-state index contributed by atoms with van der Waals surface area (Å²) in [6.07, 6.45) is 0. The number of primary amides is 1. The van der Waals surface area contributed by atoms with Crippen LogP contribution in [0.5, 0.6) is 0 Å². The van der Waals surface area contributed by atoms with Crippen molar-refractivity contribution in [3.05, 3.63) is 277 Å². The standard InChI is InChI=1S/C18H21ClN2O2.2C18H19F2NO2.C17H19ClN2O2.C15H15ClN2O2/c1-12(2)20-18(22)21-16-8-9-17(14(10-16)11-23-3)13-4-6-15(19)7-5-13;1-11(2)21-18(22)13-4-6-15(14(8-13)10-23-3)12-5-7-16(19)17(20)9-12;1-11(2)21-18(22)12-4-6-15(13(8-12)10-23-3)16-7-5-14(19)9-17(16)20;1-3-19-17(21)20-15-8-9-16(13(10-15)11-22-2)12-4-6-14(18)7-5-12;1-20-9-11-8-13(18-15(17)19)6-7-14(11)10-2-4-12(16)5-3-10/h4-10,12H,11H2,1-3H3,(H2,20,21,22);2*4-9,11H,10H2,1-3H3,(H,21,22);4-10H,3,11H2,1-2H3,(H2,19,20,21);2-8H,9H2,1H3,(H3,17,18,19). The number of ether oxygens (including phenoxy) is 5. The lowest BCUT2D eigenvalue weighted by atomic mass is 9.97. The number of anilines is 3. The number of urea groups is 3. The number of benzene rings is 10. The summed E-state index contributed by atoms with van der Waals surface area (Å²) in [6, 6.07) is 56.2. The molecule has 0 bridgehead atoms. The number of nitrogens with two attached hydrogens (primary N) is 1. The van der Waals surface area contributed by atoms with E-state index >= 15 is 0 Å². The van der Waals surface area contributed by atoms with Crippen LogP contribution in [0.1, 0.15) is 97.0 Å². The highest BCUT2D eigenvalue weighted by atomic mass is 35.5. The van der Waals surface area contributed by atoms with Crippen molar-refractivity contribution in [2.75, 3.05) is 58.0 Å². The van der Waals surface area contributed by atoms with Gasteiger partial charge in [-0.3, -0.25) is 9.59 Å². The minimum Gasteiger partial charge on any atom is -0.380 e. The molecule has 0 aliphatic rings. The van der Waals surface area contributed by atoms with Crippen molar-refractivity contribution in [3.63, 3.8) is 0 Å². The molecule has 0 radical (unpaired) electrons. The Morgan fingerprint density at radius 3 is 1.05 bits per heavy atom. The van der Waals surface area contributed by atoms with Crippen molar-refractivity contribution in [2.24, 2.45) is 5.73 Å². The van der Waals surface area contributed by atoms with E-state index in [9.17, 15) is 41.5 Å². The van der Waals surface area contributed by atoms with Crippen LogP contribution in [-0.4, -0.2) is 90.1 Å². The summed E-state index contributed by atoms with van der Waals surface area (Å²) >= 11 is 17.8. The molecule has 0 saturated heterocycles. The SMILES string of the molecule is CCNC(=O)Nc1ccc(-c2ccc(Cl)cc2)c(COC)c1.COCc1cc(C(=O)NC(C)C)ccc1-c1ccc(F)c(F)c1.COCc1cc(C(=O)NC(C)C)ccc1-c1ccc(F)cc1F.COCc1cc(NC(=O)NC(C)C)ccc1-c1ccc(Cl)cc1.COCc1cc(NC(N)=O)ccc1-c1ccc(Cl)cc1. The Balaban J connectivity index is 0.000000217. The van der Waals surface area contributed by atoms with Gasteiger partial charge in [0.25, 0.3) is 11.8 Å². The van der Waals surface area contributed by atoms with Gasteiger partial charge in [0.15, 0.2) is 11.6 Å². The maximum atomic E-state index is 14.0. The number of carbonyl (C=O) groups is 5. The molecule has 9 N–H and O–H groups in total. The van der Waals surface area contributed by atoms with Crippen molar-refractivity contribution in [2.45, 2.75) is 99.6 Å². The Morgan fingerprint density at radius 2 is 0.685 bits per heavy atom. The second kappa shape index (κ2) is 45.5. The molecule has 111 heavy (non-hydrogen) atoms. The molecule has 10 aromatic carbocycles. The first-order chi connectivity index (χ1) is 53.1. The number of nitrogens with one attached hydrogen (secondary N) is 7. The fourth-order valence-corrected chi connectivity index (χ4v) is 11.5. The lowest BCUT2D eigenvalue weighted by molar-refractivity contribution is 0.0934. The number of hydrogen-bond donors (Lipinski definition) is 8. The van der Waals surface area contributed by atoms with E-state index in [2.05, 4.69) is 37.2 Å². The molecular weight excluding hydrogens is 1490 g/mol. The quantitative estimate of drug-likeness (QED) is 0.0266. The van der Waals surface area contributed by atoms with Gasteiger partial charge >= 0.3 is 18.1 Å². The molecule has 0 atom stereocenters. The summed E-state index contributed by atoms with van der Waals surface area (Å²) in [5, 5.41) is 21.4. The minimum absolute atomic E-state index is 0.0163. The molecule has 0 saturated carbocycles. The molecule has 0 aliphatic carbocycles. The Labute approximate surface area is 661 Å². The Hall–Kier alpha value is -10.7. The number of hydrogen-bond acceptors (Lipinski definition) is 10. The number of amides is 8. The molecule has 18 nitrogen and oxygen atoms in total. The van der Waals surface area contributed by atoms with Crippen LogP contribution < -0.4 is 43.0 Å². The van der Waals surface area contributed by atoms with Crippen LogP contribution in [0.15, 0.2) is 200 Å². The summed E-state index contributed by atoms with van der Waals surface area (Å²) in [7, 11) is 7.98. The van der Waals surface area contributed by atoms with Gasteiger partial charge in [0, 0.05) is 115 Å². The lowest BCUT2D eigenvalue weighted by Crippen LogP contribution is -2.34. The smallest absolute Gasteiger partial charge is 0.319 e. The largest absolute Gasteiger partial charge is 0.380 e. The van der Waals surface area contributed by atoms with Crippen LogP contribution in [0.25, 0.3) is 55.6 Å². The average molecular weight is 1580 g/mol. The van der Waals surface area contributed by atoms with Gasteiger partial charge in [-0.15, -0.1) is 0 Å². The van der Waals surface area contributed by atoms with Crippen molar-refractivity contribution < 1.29 is 65.2 Å². The van der Waals surface area contributed by atoms with Gasteiger partial charge in [-0.1, -0.05) is 108 Å². The Kier molecular flexibility index (Phi) is 36.6. The molecule has 25 heteroatoms. The van der Waals surface area contributed by atoms with Crippen LogP contribution in [0, 0.1) is 23.3 Å². The Morgan fingerprint density at radius 1 is 0.351 bits per heavy atom. The van der Waals surface area contributed by atoms with Gasteiger partial charge in [-0.2, -0.15) is 0 Å². The topological polar surface area (TPSA) is 242 Å². The summed E-state index contributed by atoms with van der Waals surface area (Å²) in [4.78, 5) is 58.5. The van der Waals surface area contributed by atoms with Crippen molar-refractivity contribution in [1.82, 2.24) is 21.3 Å². The zero-order chi connectivity index (χ0) is 81.3. The molecule has 0 aliphatic heterocycles. The van der Waals surface area contributed by atoms with Gasteiger partial charge in [0.2, 0.25) is 0 Å². The molecule has 8 amide bonds. The molecule has 0 unspecified atom stereocenters. The number of rotatable bonds is 24. The third-order valence-electron chi connectivity index (χ3n) is 15.8. The first-order valence-electron chi connectivity index (χ1n) is 35.2. The van der Waals surface area contributed by atoms with Crippen molar-refractivity contribution in [3.8, 4) is 55.6 Å². The third-order valence-corrected chi connectivity index (χ3v) is 16.6. The molecule has 10 aromatic rings. The minimum atomic E-state index is -0.910. The summed E-state index contributed by atoms with van der Waals surface area (Å²) < 4.78 is 79.7. The van der Waals surface area contributed by atoms with Gasteiger partial charge in [-0.25, -0.2) is 31.9 Å². The molecular formula is C86H93Cl3F4N8O10. The van der Waals surface area contributed by atoms with E-state index in [-0.39, 0.29) is 60.8 Å². The van der Waals surface area contributed by atoms with Crippen LogP contribution in [0.3, 0.4) is 0 Å². The lowest BCUT2D eigenvalue weighted by Gasteiger charge is -2.14. The first-order valence-corrected chi connectivity index (χ1v) is 36.3. The molecule has 0 spiro atoms. The molecule has 0 fully saturated rings. The predicted octanol–water partition coefficient (Wildman–Crippen LogP) is 20.5. The van der Waals surface area contributed by atoms with Gasteiger partial charge in [0.05, 0.1) is 33.0 Å². The van der Waals surface area contributed by atoms with E-state index < -0.39 is 29.3 Å². The molecule has 10 rings (SSSR count). The normalized spacial score (nSPS) is 10.6. The van der Waals surface area contributed by atoms with Gasteiger partial charge in [0.1, 0.15) is 11.6 Å². The first kappa shape index (κ1) is 89.2. The van der Waals surface area contributed by atoms with E-state index in [1.54, 1.807) is 63.8 Å². The van der Waals surface area contributed by atoms with E-state index in [1.165, 1.54) is 32.4 Å². The summed E-state index contributed by atoms with van der Waals surface area (Å²) in [5.41, 5.74) is 20.9. The average Bonchev–Trinajstić information content (AvgIpc) is 0.818. The highest BCUT2D eigenvalue weighted by Crippen LogP contribution is 2.34. The second-order valence-electron chi connectivity index (χ2n) is 25.8. The zero-order valence-electron chi connectivity index (χ0n) is 63.8. The van der Waals surface area contributed by atoms with Crippen LogP contribution in [-0.2, 0) is 56.7 Å². The third kappa shape index (κ3) is 28.9.